The van der Waals surface area contributed by atoms with E-state index in [1.54, 1.807) is 12.0 Å². The monoisotopic (exact) mass is 260 g/mol. The number of hydrogen-bond donors (Lipinski definition) is 0. The zero-order chi connectivity index (χ0) is 14.1. The Labute approximate surface area is 114 Å². The van der Waals surface area contributed by atoms with Crippen molar-refractivity contribution in [3.05, 3.63) is 35.4 Å². The molecule has 4 nitrogen and oxygen atoms in total. The Balaban J connectivity index is 2.65. The first kappa shape index (κ1) is 15.2. The molecular weight excluding hydrogens is 240 g/mol. The van der Waals surface area contributed by atoms with E-state index in [1.807, 2.05) is 31.2 Å². The van der Waals surface area contributed by atoms with Gasteiger partial charge in [0.25, 0.3) is 0 Å². The summed E-state index contributed by atoms with van der Waals surface area (Å²) in [5, 5.41) is 8.64. The highest BCUT2D eigenvalue weighted by atomic mass is 16.5. The van der Waals surface area contributed by atoms with Gasteiger partial charge in [-0.05, 0) is 18.1 Å². The molecule has 102 valence electrons. The summed E-state index contributed by atoms with van der Waals surface area (Å²) in [7, 11) is 1.61. The molecule has 0 saturated carbocycles. The van der Waals surface area contributed by atoms with Crippen LogP contribution in [0.15, 0.2) is 24.3 Å². The molecule has 0 aromatic heterocycles. The largest absolute Gasteiger partial charge is 0.383 e. The first-order valence-electron chi connectivity index (χ1n) is 6.37. The number of carbonyl (C=O) groups excluding carboxylic acids is 1. The minimum absolute atomic E-state index is 0.0431. The van der Waals surface area contributed by atoms with Crippen molar-refractivity contribution < 1.29 is 9.53 Å². The molecule has 0 bridgehead atoms. The summed E-state index contributed by atoms with van der Waals surface area (Å²) in [6, 6.07) is 9.93. The number of rotatable bonds is 7. The predicted molar refractivity (Wildman–Crippen MR) is 73.6 cm³/mol. The van der Waals surface area contributed by atoms with Gasteiger partial charge in [0.2, 0.25) is 5.91 Å². The lowest BCUT2D eigenvalue weighted by atomic mass is 10.1. The summed E-state index contributed by atoms with van der Waals surface area (Å²) in [4.78, 5) is 13.9. The number of nitriles is 1. The van der Waals surface area contributed by atoms with Gasteiger partial charge in [-0.15, -0.1) is 0 Å². The van der Waals surface area contributed by atoms with Crippen molar-refractivity contribution in [3.63, 3.8) is 0 Å². The van der Waals surface area contributed by atoms with E-state index in [4.69, 9.17) is 10.00 Å². The van der Waals surface area contributed by atoms with Crippen LogP contribution < -0.4 is 0 Å². The van der Waals surface area contributed by atoms with Gasteiger partial charge < -0.3 is 9.64 Å². The molecule has 19 heavy (non-hydrogen) atoms. The van der Waals surface area contributed by atoms with E-state index < -0.39 is 0 Å². The summed E-state index contributed by atoms with van der Waals surface area (Å²) in [5.41, 5.74) is 2.15. The van der Waals surface area contributed by atoms with Gasteiger partial charge in [-0.3, -0.25) is 4.79 Å². The molecule has 0 unspecified atom stereocenters. The Morgan fingerprint density at radius 2 is 2.11 bits per heavy atom. The Bertz CT molecular complexity index is 452. The number of nitrogens with zero attached hydrogens (tertiary/aromatic N) is 2. The summed E-state index contributed by atoms with van der Waals surface area (Å²) < 4.78 is 5.00. The molecule has 0 spiro atoms. The van der Waals surface area contributed by atoms with Crippen molar-refractivity contribution in [2.24, 2.45) is 0 Å². The fourth-order valence-electron chi connectivity index (χ4n) is 1.83. The Morgan fingerprint density at radius 3 is 2.74 bits per heavy atom. The minimum Gasteiger partial charge on any atom is -0.383 e. The molecule has 1 rings (SSSR count). The number of ether oxygens (including phenoxy) is 1. The van der Waals surface area contributed by atoms with Crippen LogP contribution in [0.25, 0.3) is 0 Å². The summed E-state index contributed by atoms with van der Waals surface area (Å²) in [6.07, 6.45) is 0.727. The Hall–Kier alpha value is -1.86. The smallest absolute Gasteiger partial charge is 0.227 e. The quantitative estimate of drug-likeness (QED) is 0.752. The summed E-state index contributed by atoms with van der Waals surface area (Å²) in [5.74, 6) is 0.0431. The number of amides is 1. The molecule has 0 saturated heterocycles. The van der Waals surface area contributed by atoms with E-state index in [9.17, 15) is 4.79 Å². The zero-order valence-corrected chi connectivity index (χ0v) is 11.6. The molecule has 0 fully saturated rings. The number of hydrogen-bond acceptors (Lipinski definition) is 3. The topological polar surface area (TPSA) is 53.3 Å². The number of carbonyl (C=O) groups is 1. The summed E-state index contributed by atoms with van der Waals surface area (Å²) in [6.45, 7) is 3.48. The van der Waals surface area contributed by atoms with E-state index in [0.717, 1.165) is 11.1 Å². The lowest BCUT2D eigenvalue weighted by Crippen LogP contribution is -2.35. The minimum atomic E-state index is 0.0431. The van der Waals surface area contributed by atoms with Gasteiger partial charge in [0.05, 0.1) is 25.5 Å². The van der Waals surface area contributed by atoms with Gasteiger partial charge >= 0.3 is 0 Å². The van der Waals surface area contributed by atoms with Crippen LogP contribution in [-0.4, -0.2) is 37.6 Å². The van der Waals surface area contributed by atoms with E-state index in [-0.39, 0.29) is 5.91 Å². The van der Waals surface area contributed by atoms with Crippen molar-refractivity contribution in [1.29, 1.82) is 5.26 Å². The SMILES string of the molecule is COCCN(CCC#N)C(=O)Cc1ccccc1C. The average Bonchev–Trinajstić information content (AvgIpc) is 2.41. The average molecular weight is 260 g/mol. The third-order valence-corrected chi connectivity index (χ3v) is 3.01. The molecule has 4 heteroatoms. The lowest BCUT2D eigenvalue weighted by molar-refractivity contribution is -0.131. The van der Waals surface area contributed by atoms with Crippen molar-refractivity contribution in [2.75, 3.05) is 26.8 Å². The van der Waals surface area contributed by atoms with E-state index in [2.05, 4.69) is 6.07 Å². The fraction of sp³-hybridized carbons (Fsp3) is 0.467. The third-order valence-electron chi connectivity index (χ3n) is 3.01. The number of benzene rings is 1. The predicted octanol–water partition coefficient (Wildman–Crippen LogP) is 1.93. The lowest BCUT2D eigenvalue weighted by Gasteiger charge is -2.21. The highest BCUT2D eigenvalue weighted by molar-refractivity contribution is 5.79. The molecule has 0 aliphatic heterocycles. The Kier molecular flexibility index (Phi) is 6.62. The van der Waals surface area contributed by atoms with Gasteiger partial charge in [0, 0.05) is 20.2 Å². The van der Waals surface area contributed by atoms with Crippen molar-refractivity contribution in [2.45, 2.75) is 19.8 Å². The molecule has 1 aromatic rings. The van der Waals surface area contributed by atoms with Crippen LogP contribution in [0.3, 0.4) is 0 Å². The second-order valence-corrected chi connectivity index (χ2v) is 4.38. The standard InChI is InChI=1S/C15H20N2O2/c1-13-6-3-4-7-14(13)12-15(18)17(9-5-8-16)10-11-19-2/h3-4,6-7H,5,9-12H2,1-2H3. The fourth-order valence-corrected chi connectivity index (χ4v) is 1.83. The normalized spacial score (nSPS) is 9.95. The molecule has 1 aromatic carbocycles. The van der Waals surface area contributed by atoms with Crippen LogP contribution in [-0.2, 0) is 16.0 Å². The molecule has 0 aliphatic carbocycles. The molecule has 0 N–H and O–H groups in total. The van der Waals surface area contributed by atoms with Gasteiger partial charge in [0.15, 0.2) is 0 Å². The molecule has 0 heterocycles. The highest BCUT2D eigenvalue weighted by Gasteiger charge is 2.14. The maximum absolute atomic E-state index is 12.2. The zero-order valence-electron chi connectivity index (χ0n) is 11.6. The second-order valence-electron chi connectivity index (χ2n) is 4.38. The molecule has 0 atom stereocenters. The van der Waals surface area contributed by atoms with Crippen LogP contribution in [0.1, 0.15) is 17.5 Å². The van der Waals surface area contributed by atoms with Crippen molar-refractivity contribution >= 4 is 5.91 Å². The molecule has 0 radical (unpaired) electrons. The Morgan fingerprint density at radius 1 is 1.37 bits per heavy atom. The molecule has 0 aliphatic rings. The second kappa shape index (κ2) is 8.28. The van der Waals surface area contributed by atoms with Gasteiger partial charge in [-0.2, -0.15) is 5.26 Å². The van der Waals surface area contributed by atoms with Gasteiger partial charge in [-0.1, -0.05) is 24.3 Å². The van der Waals surface area contributed by atoms with Gasteiger partial charge in [0.1, 0.15) is 0 Å². The maximum atomic E-state index is 12.2. The maximum Gasteiger partial charge on any atom is 0.227 e. The van der Waals surface area contributed by atoms with Crippen LogP contribution in [0, 0.1) is 18.3 Å². The van der Waals surface area contributed by atoms with E-state index in [0.29, 0.717) is 32.5 Å². The highest BCUT2D eigenvalue weighted by Crippen LogP contribution is 2.09. The van der Waals surface area contributed by atoms with Gasteiger partial charge in [-0.25, -0.2) is 0 Å². The van der Waals surface area contributed by atoms with Crippen molar-refractivity contribution in [1.82, 2.24) is 4.90 Å². The van der Waals surface area contributed by atoms with Crippen molar-refractivity contribution in [3.8, 4) is 6.07 Å². The van der Waals surface area contributed by atoms with E-state index >= 15 is 0 Å². The van der Waals surface area contributed by atoms with Crippen LogP contribution in [0.2, 0.25) is 0 Å². The number of methoxy groups -OCH3 is 1. The number of aryl methyl sites for hydroxylation is 1. The molecule has 1 amide bonds. The van der Waals surface area contributed by atoms with Crippen LogP contribution in [0.5, 0.6) is 0 Å². The van der Waals surface area contributed by atoms with Crippen LogP contribution >= 0.6 is 0 Å². The third kappa shape index (κ3) is 5.11. The summed E-state index contributed by atoms with van der Waals surface area (Å²) >= 11 is 0. The first-order valence-corrected chi connectivity index (χ1v) is 6.37. The molecular formula is C15H20N2O2. The van der Waals surface area contributed by atoms with Crippen LogP contribution in [0.4, 0.5) is 0 Å². The first-order chi connectivity index (χ1) is 9.19. The van der Waals surface area contributed by atoms with E-state index in [1.165, 1.54) is 0 Å².